The Hall–Kier alpha value is -4.01. The highest BCUT2D eigenvalue weighted by Gasteiger charge is 2.26. The average Bonchev–Trinajstić information content (AvgIpc) is 3.36. The van der Waals surface area contributed by atoms with E-state index in [1.807, 2.05) is 24.3 Å². The molecule has 202 valence electrons. The summed E-state index contributed by atoms with van der Waals surface area (Å²) in [6, 6.07) is 20.2. The predicted octanol–water partition coefficient (Wildman–Crippen LogP) is 5.70. The highest BCUT2D eigenvalue weighted by atomic mass is 79.9. The van der Waals surface area contributed by atoms with Gasteiger partial charge in [-0.3, -0.25) is 4.79 Å². The van der Waals surface area contributed by atoms with Crippen LogP contribution in [0.5, 0.6) is 0 Å². The van der Waals surface area contributed by atoms with Crippen LogP contribution in [-0.2, 0) is 10.0 Å². The second-order valence-corrected chi connectivity index (χ2v) is 12.1. The molecule has 1 heterocycles. The van der Waals surface area contributed by atoms with Crippen LogP contribution < -0.4 is 5.01 Å². The summed E-state index contributed by atoms with van der Waals surface area (Å²) in [6.07, 6.45) is 1.35. The maximum atomic E-state index is 13.6. The molecule has 0 unspecified atom stereocenters. The first-order valence-electron chi connectivity index (χ1n) is 11.8. The molecule has 0 saturated heterocycles. The van der Waals surface area contributed by atoms with Gasteiger partial charge in [-0.25, -0.2) is 17.8 Å². The number of rotatable bonds is 10. The Labute approximate surface area is 242 Å². The monoisotopic (exact) mass is 638 g/mol. The van der Waals surface area contributed by atoms with E-state index in [1.54, 1.807) is 6.07 Å². The topological polar surface area (TPSA) is 131 Å². The molecule has 0 spiro atoms. The number of carbonyl (C=O) groups is 1. The summed E-state index contributed by atoms with van der Waals surface area (Å²) < 4.78 is 42.4. The molecule has 0 aliphatic heterocycles. The van der Waals surface area contributed by atoms with E-state index < -0.39 is 21.7 Å². The van der Waals surface area contributed by atoms with Crippen molar-refractivity contribution in [3.05, 3.63) is 88.1 Å². The number of hydrogen-bond acceptors (Lipinski definition) is 8. The molecule has 0 bridgehead atoms. The first-order chi connectivity index (χ1) is 19.2. The zero-order valence-corrected chi connectivity index (χ0v) is 24.0. The summed E-state index contributed by atoms with van der Waals surface area (Å²) in [5, 5.41) is 23.5. The van der Waals surface area contributed by atoms with E-state index in [9.17, 15) is 17.6 Å². The van der Waals surface area contributed by atoms with Gasteiger partial charge in [-0.05, 0) is 60.2 Å². The fraction of sp³-hybridized carbons (Fsp3) is 0.148. The Kier molecular flexibility index (Phi) is 9.34. The number of hydrazone groups is 1. The number of benzene rings is 3. The number of hydrogen-bond donors (Lipinski definition) is 0. The van der Waals surface area contributed by atoms with Gasteiger partial charge in [-0.15, -0.1) is 0 Å². The molecule has 0 fully saturated rings. The molecule has 0 saturated carbocycles. The molecule has 0 atom stereocenters. The van der Waals surface area contributed by atoms with Crippen LogP contribution >= 0.6 is 27.3 Å². The Morgan fingerprint density at radius 2 is 1.68 bits per heavy atom. The van der Waals surface area contributed by atoms with Gasteiger partial charge >= 0.3 is 0 Å². The number of aromatic nitrogens is 1. The van der Waals surface area contributed by atoms with Crippen LogP contribution in [0.3, 0.4) is 0 Å². The molecule has 3 aromatic carbocycles. The van der Waals surface area contributed by atoms with Gasteiger partial charge in [-0.1, -0.05) is 39.4 Å². The minimum absolute atomic E-state index is 0.0268. The molecule has 0 N–H and O–H groups in total. The first kappa shape index (κ1) is 29.0. The Bertz CT molecular complexity index is 1730. The van der Waals surface area contributed by atoms with Gasteiger partial charge in [0.25, 0.3) is 5.91 Å². The van der Waals surface area contributed by atoms with Crippen molar-refractivity contribution < 1.29 is 17.6 Å². The quantitative estimate of drug-likeness (QED) is 0.162. The number of fused-ring (bicyclic) bond motifs is 1. The Morgan fingerprint density at radius 1 is 1.02 bits per heavy atom. The van der Waals surface area contributed by atoms with Crippen LogP contribution in [0.4, 0.5) is 9.52 Å². The summed E-state index contributed by atoms with van der Waals surface area (Å²) in [4.78, 5) is 18.1. The van der Waals surface area contributed by atoms with Crippen molar-refractivity contribution in [2.24, 2.45) is 5.10 Å². The lowest BCUT2D eigenvalue weighted by Crippen LogP contribution is -2.33. The highest BCUT2D eigenvalue weighted by molar-refractivity contribution is 9.10. The lowest BCUT2D eigenvalue weighted by Gasteiger charge is -2.20. The minimum Gasteiger partial charge on any atom is -0.267 e. The van der Waals surface area contributed by atoms with Gasteiger partial charge in [0.15, 0.2) is 0 Å². The van der Waals surface area contributed by atoms with Crippen molar-refractivity contribution in [3.8, 4) is 12.1 Å². The number of nitriles is 2. The van der Waals surface area contributed by atoms with Gasteiger partial charge in [0.1, 0.15) is 5.82 Å². The van der Waals surface area contributed by atoms with E-state index >= 15 is 0 Å². The van der Waals surface area contributed by atoms with Gasteiger partial charge in [0.2, 0.25) is 15.2 Å². The van der Waals surface area contributed by atoms with E-state index in [0.717, 1.165) is 18.5 Å². The standard InChI is InChI=1S/C27H20BrFN6O3S2/c28-21-7-12-24-25(17-21)39-27(33-24)35(32-18-19-3-8-22(29)9-4-19)26(36)20-5-10-23(11-6-20)40(37,38)34(15-1-13-30)16-2-14-31/h3-12,17-18H,1-2,15-16H2/b32-18+. The highest BCUT2D eigenvalue weighted by Crippen LogP contribution is 2.32. The SMILES string of the molecule is N#CCCN(CCC#N)S(=O)(=O)c1ccc(C(=O)N(/N=C/c2ccc(F)cc2)c2nc3ccc(Br)cc3s2)cc1. The third-order valence-electron chi connectivity index (χ3n) is 5.59. The second-order valence-electron chi connectivity index (χ2n) is 8.27. The molecule has 40 heavy (non-hydrogen) atoms. The van der Waals surface area contributed by atoms with Crippen molar-refractivity contribution in [1.29, 1.82) is 10.5 Å². The first-order valence-corrected chi connectivity index (χ1v) is 14.8. The minimum atomic E-state index is -4.00. The summed E-state index contributed by atoms with van der Waals surface area (Å²) in [5.41, 5.74) is 1.37. The molecule has 0 aliphatic rings. The van der Waals surface area contributed by atoms with E-state index in [0.29, 0.717) is 11.1 Å². The van der Waals surface area contributed by atoms with Crippen molar-refractivity contribution in [1.82, 2.24) is 9.29 Å². The maximum Gasteiger partial charge on any atom is 0.280 e. The van der Waals surface area contributed by atoms with Crippen LogP contribution in [0, 0.1) is 28.5 Å². The molecule has 1 amide bonds. The predicted molar refractivity (Wildman–Crippen MR) is 154 cm³/mol. The number of nitrogens with zero attached hydrogens (tertiary/aromatic N) is 6. The fourth-order valence-electron chi connectivity index (χ4n) is 3.58. The molecular weight excluding hydrogens is 619 g/mol. The molecule has 4 rings (SSSR count). The van der Waals surface area contributed by atoms with Crippen LogP contribution in [0.15, 0.2) is 81.2 Å². The maximum absolute atomic E-state index is 13.6. The van der Waals surface area contributed by atoms with Gasteiger partial charge in [0.05, 0.1) is 33.5 Å². The van der Waals surface area contributed by atoms with E-state index in [2.05, 4.69) is 26.0 Å². The number of carbonyl (C=O) groups excluding carboxylic acids is 1. The third kappa shape index (κ3) is 6.76. The van der Waals surface area contributed by atoms with E-state index in [4.69, 9.17) is 10.5 Å². The summed E-state index contributed by atoms with van der Waals surface area (Å²) in [7, 11) is -4.00. The number of amides is 1. The molecule has 1 aromatic heterocycles. The smallest absolute Gasteiger partial charge is 0.267 e. The van der Waals surface area contributed by atoms with E-state index in [1.165, 1.54) is 66.1 Å². The average molecular weight is 640 g/mol. The van der Waals surface area contributed by atoms with Crippen LogP contribution in [0.1, 0.15) is 28.8 Å². The Morgan fingerprint density at radius 3 is 2.30 bits per heavy atom. The molecule has 0 aliphatic carbocycles. The second kappa shape index (κ2) is 12.9. The van der Waals surface area contributed by atoms with Crippen molar-refractivity contribution in [2.45, 2.75) is 17.7 Å². The normalized spacial score (nSPS) is 11.5. The summed E-state index contributed by atoms with van der Waals surface area (Å²) in [6.45, 7) is -0.110. The molecule has 0 radical (unpaired) electrons. The number of halogens is 2. The lowest BCUT2D eigenvalue weighted by molar-refractivity contribution is 0.0987. The van der Waals surface area contributed by atoms with Gasteiger partial charge in [-0.2, -0.15) is 24.9 Å². The fourth-order valence-corrected chi connectivity index (χ4v) is 6.50. The number of anilines is 1. The zero-order chi connectivity index (χ0) is 28.7. The third-order valence-corrected chi connectivity index (χ3v) is 8.99. The van der Waals surface area contributed by atoms with Crippen molar-refractivity contribution in [2.75, 3.05) is 18.1 Å². The summed E-state index contributed by atoms with van der Waals surface area (Å²) >= 11 is 4.67. The van der Waals surface area contributed by atoms with Gasteiger partial charge in [0, 0.05) is 36.0 Å². The number of sulfonamides is 1. The van der Waals surface area contributed by atoms with Gasteiger partial charge < -0.3 is 0 Å². The molecule has 4 aromatic rings. The molecule has 9 nitrogen and oxygen atoms in total. The summed E-state index contributed by atoms with van der Waals surface area (Å²) in [5.74, 6) is -0.970. The molecular formula is C27H20BrFN6O3S2. The van der Waals surface area contributed by atoms with Crippen LogP contribution in [-0.4, -0.2) is 42.9 Å². The largest absolute Gasteiger partial charge is 0.280 e. The zero-order valence-electron chi connectivity index (χ0n) is 20.7. The molecule has 13 heteroatoms. The van der Waals surface area contributed by atoms with Crippen molar-refractivity contribution >= 4 is 64.8 Å². The van der Waals surface area contributed by atoms with Crippen molar-refractivity contribution in [3.63, 3.8) is 0 Å². The van der Waals surface area contributed by atoms with E-state index in [-0.39, 0.29) is 41.5 Å². The lowest BCUT2D eigenvalue weighted by atomic mass is 10.2. The number of thiazole rings is 1. The van der Waals surface area contributed by atoms with Crippen LogP contribution in [0.25, 0.3) is 10.2 Å². The Balaban J connectivity index is 1.67. The van der Waals surface area contributed by atoms with Crippen LogP contribution in [0.2, 0.25) is 0 Å².